The molecule has 0 aliphatic carbocycles. The van der Waals surface area contributed by atoms with E-state index in [1.807, 2.05) is 26.8 Å². The van der Waals surface area contributed by atoms with Crippen LogP contribution >= 0.6 is 0 Å². The second kappa shape index (κ2) is 8.59. The van der Waals surface area contributed by atoms with Crippen molar-refractivity contribution in [3.05, 3.63) is 51.9 Å². The van der Waals surface area contributed by atoms with Crippen LogP contribution in [0.3, 0.4) is 0 Å². The molecule has 0 bridgehead atoms. The maximum atomic E-state index is 13.0. The third kappa shape index (κ3) is 4.64. The van der Waals surface area contributed by atoms with Crippen LogP contribution in [-0.2, 0) is 17.1 Å². The smallest absolute Gasteiger partial charge is 0.254 e. The number of sulfonamides is 1. The number of aromatic nitrogens is 1. The Hall–Kier alpha value is -2.32. The molecule has 0 amide bonds. The van der Waals surface area contributed by atoms with Crippen LogP contribution in [0.2, 0.25) is 0 Å². The summed E-state index contributed by atoms with van der Waals surface area (Å²) in [4.78, 5) is 12.2. The molecule has 2 heterocycles. The number of ether oxygens (including phenoxy) is 2. The fourth-order valence-corrected chi connectivity index (χ4v) is 4.99. The van der Waals surface area contributed by atoms with E-state index in [-0.39, 0.29) is 16.6 Å². The summed E-state index contributed by atoms with van der Waals surface area (Å²) < 4.78 is 40.5. The van der Waals surface area contributed by atoms with Gasteiger partial charge in [-0.3, -0.25) is 4.79 Å². The fourth-order valence-electron chi connectivity index (χ4n) is 3.44. The van der Waals surface area contributed by atoms with Gasteiger partial charge in [-0.1, -0.05) is 0 Å². The zero-order chi connectivity index (χ0) is 21.2. The second-order valence-corrected chi connectivity index (χ2v) is 9.25. The van der Waals surface area contributed by atoms with Crippen molar-refractivity contribution in [3.63, 3.8) is 0 Å². The highest BCUT2D eigenvalue weighted by Gasteiger charge is 2.30. The van der Waals surface area contributed by atoms with Crippen molar-refractivity contribution in [2.75, 3.05) is 19.7 Å². The lowest BCUT2D eigenvalue weighted by atomic mass is 10.1. The quantitative estimate of drug-likeness (QED) is 0.718. The first-order chi connectivity index (χ1) is 13.7. The van der Waals surface area contributed by atoms with E-state index >= 15 is 0 Å². The number of aryl methyl sites for hydroxylation is 2. The Morgan fingerprint density at radius 2 is 1.79 bits per heavy atom. The fraction of sp³-hybridized carbons (Fsp3) is 0.476. The summed E-state index contributed by atoms with van der Waals surface area (Å²) in [7, 11) is -1.85. The van der Waals surface area contributed by atoms with Crippen LogP contribution in [0.25, 0.3) is 0 Å². The highest BCUT2D eigenvalue weighted by molar-refractivity contribution is 7.89. The van der Waals surface area contributed by atoms with Crippen molar-refractivity contribution < 1.29 is 17.9 Å². The average Bonchev–Trinajstić information content (AvgIpc) is 2.68. The van der Waals surface area contributed by atoms with Crippen molar-refractivity contribution in [2.45, 2.75) is 44.6 Å². The van der Waals surface area contributed by atoms with Crippen LogP contribution in [0.5, 0.6) is 11.5 Å². The minimum Gasteiger partial charge on any atom is -0.494 e. The van der Waals surface area contributed by atoms with Crippen molar-refractivity contribution in [2.24, 2.45) is 7.05 Å². The van der Waals surface area contributed by atoms with Gasteiger partial charge in [-0.2, -0.15) is 4.31 Å². The zero-order valence-electron chi connectivity index (χ0n) is 17.3. The Morgan fingerprint density at radius 3 is 2.38 bits per heavy atom. The molecule has 0 spiro atoms. The third-order valence-electron chi connectivity index (χ3n) is 5.26. The van der Waals surface area contributed by atoms with E-state index in [9.17, 15) is 13.2 Å². The molecule has 1 fully saturated rings. The highest BCUT2D eigenvalue weighted by Crippen LogP contribution is 2.27. The molecule has 1 saturated heterocycles. The van der Waals surface area contributed by atoms with E-state index in [1.165, 1.54) is 10.4 Å². The van der Waals surface area contributed by atoms with Gasteiger partial charge >= 0.3 is 0 Å². The van der Waals surface area contributed by atoms with Crippen molar-refractivity contribution in [1.82, 2.24) is 8.87 Å². The first-order valence-electron chi connectivity index (χ1n) is 9.80. The molecule has 7 nitrogen and oxygen atoms in total. The van der Waals surface area contributed by atoms with Gasteiger partial charge in [0.05, 0.1) is 11.5 Å². The number of nitrogens with zero attached hydrogens (tertiary/aromatic N) is 2. The Balaban J connectivity index is 1.67. The van der Waals surface area contributed by atoms with Gasteiger partial charge in [-0.05, 0) is 63.4 Å². The molecule has 0 radical (unpaired) electrons. The van der Waals surface area contributed by atoms with Crippen molar-refractivity contribution in [3.8, 4) is 11.5 Å². The van der Waals surface area contributed by atoms with E-state index in [1.54, 1.807) is 29.8 Å². The van der Waals surface area contributed by atoms with Crippen molar-refractivity contribution in [1.29, 1.82) is 0 Å². The summed E-state index contributed by atoms with van der Waals surface area (Å²) in [5.41, 5.74) is 1.50. The molecule has 0 atom stereocenters. The Labute approximate surface area is 171 Å². The molecule has 8 heteroatoms. The summed E-state index contributed by atoms with van der Waals surface area (Å²) in [6.45, 7) is 6.88. The van der Waals surface area contributed by atoms with E-state index in [0.717, 1.165) is 11.3 Å². The summed E-state index contributed by atoms with van der Waals surface area (Å²) in [5.74, 6) is 1.23. The number of hydrogen-bond donors (Lipinski definition) is 0. The summed E-state index contributed by atoms with van der Waals surface area (Å²) in [6.07, 6.45) is 1.03. The molecule has 1 aromatic heterocycles. The Kier molecular flexibility index (Phi) is 6.33. The summed E-state index contributed by atoms with van der Waals surface area (Å²) in [5, 5.41) is 0. The number of hydrogen-bond acceptors (Lipinski definition) is 5. The van der Waals surface area contributed by atoms with E-state index < -0.39 is 10.0 Å². The van der Waals surface area contributed by atoms with Gasteiger partial charge < -0.3 is 14.0 Å². The topological polar surface area (TPSA) is 77.8 Å². The SMILES string of the molecule is CCOc1ccc(S(=O)(=O)N2CCC(Oc3cc(C)n(C)c(=O)c3)CC2)cc1C. The van der Waals surface area contributed by atoms with Gasteiger partial charge in [0, 0.05) is 31.9 Å². The summed E-state index contributed by atoms with van der Waals surface area (Å²) in [6, 6.07) is 8.26. The van der Waals surface area contributed by atoms with Crippen LogP contribution in [0, 0.1) is 13.8 Å². The normalized spacial score (nSPS) is 16.0. The minimum atomic E-state index is -3.56. The van der Waals surface area contributed by atoms with Crippen LogP contribution in [0.1, 0.15) is 31.0 Å². The first kappa shape index (κ1) is 21.4. The molecule has 2 aromatic rings. The predicted octanol–water partition coefficient (Wildman–Crippen LogP) is 2.63. The molecule has 3 rings (SSSR count). The van der Waals surface area contributed by atoms with Crippen LogP contribution in [-0.4, -0.2) is 43.1 Å². The van der Waals surface area contributed by atoms with Gasteiger partial charge in [0.2, 0.25) is 10.0 Å². The molecule has 0 N–H and O–H groups in total. The molecule has 1 aliphatic rings. The molecule has 0 saturated carbocycles. The van der Waals surface area contributed by atoms with E-state index in [4.69, 9.17) is 9.47 Å². The second-order valence-electron chi connectivity index (χ2n) is 7.31. The van der Waals surface area contributed by atoms with Crippen LogP contribution in [0.4, 0.5) is 0 Å². The van der Waals surface area contributed by atoms with Gasteiger partial charge in [-0.25, -0.2) is 8.42 Å². The zero-order valence-corrected chi connectivity index (χ0v) is 18.2. The lowest BCUT2D eigenvalue weighted by Crippen LogP contribution is -2.41. The Bertz CT molecular complexity index is 1040. The standard InChI is InChI=1S/C21H28N2O5S/c1-5-27-20-7-6-19(12-15(20)2)29(25,26)23-10-8-17(9-11-23)28-18-13-16(3)22(4)21(24)14-18/h6-7,12-14,17H,5,8-11H2,1-4H3. The highest BCUT2D eigenvalue weighted by atomic mass is 32.2. The summed E-state index contributed by atoms with van der Waals surface area (Å²) >= 11 is 0. The van der Waals surface area contributed by atoms with E-state index in [0.29, 0.717) is 44.0 Å². The first-order valence-corrected chi connectivity index (χ1v) is 11.2. The maximum absolute atomic E-state index is 13.0. The molecule has 29 heavy (non-hydrogen) atoms. The van der Waals surface area contributed by atoms with Crippen LogP contribution < -0.4 is 15.0 Å². The molecule has 1 aliphatic heterocycles. The lowest BCUT2D eigenvalue weighted by molar-refractivity contribution is 0.134. The Morgan fingerprint density at radius 1 is 1.10 bits per heavy atom. The van der Waals surface area contributed by atoms with Gasteiger partial charge in [0.15, 0.2) is 0 Å². The number of benzene rings is 1. The average molecular weight is 421 g/mol. The number of pyridine rings is 1. The number of rotatable bonds is 6. The molecule has 0 unspecified atom stereocenters. The third-order valence-corrected chi connectivity index (χ3v) is 7.16. The monoisotopic (exact) mass is 420 g/mol. The number of piperidine rings is 1. The van der Waals surface area contributed by atoms with Crippen molar-refractivity contribution >= 4 is 10.0 Å². The van der Waals surface area contributed by atoms with Gasteiger partial charge in [0.25, 0.3) is 5.56 Å². The lowest BCUT2D eigenvalue weighted by Gasteiger charge is -2.31. The molecule has 158 valence electrons. The van der Waals surface area contributed by atoms with Gasteiger partial charge in [-0.15, -0.1) is 0 Å². The van der Waals surface area contributed by atoms with Crippen LogP contribution in [0.15, 0.2) is 40.0 Å². The predicted molar refractivity (Wildman–Crippen MR) is 111 cm³/mol. The molecule has 1 aromatic carbocycles. The maximum Gasteiger partial charge on any atom is 0.254 e. The van der Waals surface area contributed by atoms with Gasteiger partial charge in [0.1, 0.15) is 17.6 Å². The molecular weight excluding hydrogens is 392 g/mol. The minimum absolute atomic E-state index is 0.116. The molecular formula is C21H28N2O5S. The largest absolute Gasteiger partial charge is 0.494 e. The van der Waals surface area contributed by atoms with E-state index in [2.05, 4.69) is 0 Å².